The second-order valence-corrected chi connectivity index (χ2v) is 10.8. The van der Waals surface area contributed by atoms with Crippen molar-refractivity contribution in [2.45, 2.75) is 181 Å². The summed E-state index contributed by atoms with van der Waals surface area (Å²) < 4.78 is 2.58. The van der Waals surface area contributed by atoms with E-state index in [1.165, 1.54) is 147 Å². The first-order chi connectivity index (χ1) is 16.2. The van der Waals surface area contributed by atoms with E-state index >= 15 is 0 Å². The summed E-state index contributed by atoms with van der Waals surface area (Å²) >= 11 is 0. The highest BCUT2D eigenvalue weighted by atomic mass is 15.1. The number of unbranched alkanes of at least 4 members (excludes halogenated alkanes) is 16. The molecule has 0 aliphatic heterocycles. The molecule has 0 aliphatic carbocycles. The van der Waals surface area contributed by atoms with E-state index in [9.17, 15) is 0 Å². The summed E-state index contributed by atoms with van der Waals surface area (Å²) in [5.41, 5.74) is 0. The fraction of sp³-hybridized carbons (Fsp3) is 0.903. The maximum Gasteiger partial charge on any atom is 0.257 e. The predicted molar refractivity (Wildman–Crippen MR) is 147 cm³/mol. The molecule has 2 heteroatoms. The summed E-state index contributed by atoms with van der Waals surface area (Å²) in [6.45, 7) is 9.39. The third kappa shape index (κ3) is 14.9. The highest BCUT2D eigenvalue weighted by Gasteiger charge is 2.24. The van der Waals surface area contributed by atoms with Gasteiger partial charge in [0.1, 0.15) is 12.4 Å². The predicted octanol–water partition coefficient (Wildman–Crippen LogP) is 10.6. The van der Waals surface area contributed by atoms with Gasteiger partial charge in [0.15, 0.2) is 0 Å². The van der Waals surface area contributed by atoms with Gasteiger partial charge in [0.25, 0.3) is 5.82 Å². The lowest BCUT2D eigenvalue weighted by atomic mass is 9.94. The molecule has 1 aromatic heterocycles. The molecule has 2 nitrogen and oxygen atoms in total. The van der Waals surface area contributed by atoms with Crippen LogP contribution in [-0.2, 0) is 0 Å². The Kier molecular flexibility index (Phi) is 19.9. The topological polar surface area (TPSA) is 19.7 Å². The smallest absolute Gasteiger partial charge is 0.247 e. The van der Waals surface area contributed by atoms with Gasteiger partial charge in [-0.25, -0.2) is 9.55 Å². The first-order valence-corrected chi connectivity index (χ1v) is 15.3. The fourth-order valence-corrected chi connectivity index (χ4v) is 5.43. The van der Waals surface area contributed by atoms with Crippen LogP contribution in [-0.4, -0.2) is 4.98 Å². The fourth-order valence-electron chi connectivity index (χ4n) is 5.43. The van der Waals surface area contributed by atoms with E-state index in [2.05, 4.69) is 49.6 Å². The maximum atomic E-state index is 3.65. The quantitative estimate of drug-likeness (QED) is 0.117. The van der Waals surface area contributed by atoms with Gasteiger partial charge in [-0.05, 0) is 32.6 Å². The zero-order chi connectivity index (χ0) is 24.0. The van der Waals surface area contributed by atoms with Gasteiger partial charge in [-0.2, -0.15) is 0 Å². The van der Waals surface area contributed by atoms with Crippen molar-refractivity contribution < 1.29 is 4.57 Å². The number of nitrogens with one attached hydrogen (secondary N) is 1. The Labute approximate surface area is 208 Å². The second-order valence-electron chi connectivity index (χ2n) is 10.8. The van der Waals surface area contributed by atoms with Crippen molar-refractivity contribution in [1.29, 1.82) is 0 Å². The van der Waals surface area contributed by atoms with Crippen LogP contribution in [0.1, 0.15) is 187 Å². The SMILES string of the molecule is CCCCCCCCCCCCCC(CCC)c1[nH]cc[n+]1C(C)CCCCCCCCC. The molecule has 0 saturated carbocycles. The van der Waals surface area contributed by atoms with E-state index < -0.39 is 0 Å². The van der Waals surface area contributed by atoms with Crippen molar-refractivity contribution in [3.63, 3.8) is 0 Å². The van der Waals surface area contributed by atoms with E-state index in [-0.39, 0.29) is 0 Å². The number of hydrogen-bond acceptors (Lipinski definition) is 0. The Bertz CT molecular complexity index is 521. The molecule has 0 amide bonds. The minimum Gasteiger partial charge on any atom is -0.247 e. The Balaban J connectivity index is 2.27. The lowest BCUT2D eigenvalue weighted by Crippen LogP contribution is -2.41. The summed E-state index contributed by atoms with van der Waals surface area (Å²) in [5.74, 6) is 2.21. The summed E-state index contributed by atoms with van der Waals surface area (Å²) in [6, 6.07) is 0.624. The lowest BCUT2D eigenvalue weighted by molar-refractivity contribution is -0.727. The van der Waals surface area contributed by atoms with E-state index in [0.29, 0.717) is 12.0 Å². The van der Waals surface area contributed by atoms with Crippen molar-refractivity contribution in [3.05, 3.63) is 18.2 Å². The molecule has 0 saturated heterocycles. The Morgan fingerprint density at radius 3 is 1.52 bits per heavy atom. The molecule has 1 rings (SSSR count). The molecule has 2 unspecified atom stereocenters. The van der Waals surface area contributed by atoms with Crippen LogP contribution in [0.5, 0.6) is 0 Å². The molecule has 1 heterocycles. The molecular formula is C31H61N2+. The third-order valence-electron chi connectivity index (χ3n) is 7.62. The van der Waals surface area contributed by atoms with E-state index in [4.69, 9.17) is 0 Å². The monoisotopic (exact) mass is 461 g/mol. The number of aromatic nitrogens is 2. The number of H-pyrrole nitrogens is 1. The summed E-state index contributed by atoms with van der Waals surface area (Å²) in [5, 5.41) is 0. The maximum absolute atomic E-state index is 3.65. The van der Waals surface area contributed by atoms with Crippen LogP contribution in [0.25, 0.3) is 0 Å². The van der Waals surface area contributed by atoms with E-state index in [0.717, 1.165) is 0 Å². The Hall–Kier alpha value is -0.790. The largest absolute Gasteiger partial charge is 0.257 e. The number of hydrogen-bond donors (Lipinski definition) is 1. The molecule has 1 N–H and O–H groups in total. The third-order valence-corrected chi connectivity index (χ3v) is 7.62. The zero-order valence-electron chi connectivity index (χ0n) is 23.3. The number of nitrogens with zero attached hydrogens (tertiary/aromatic N) is 1. The second kappa shape index (κ2) is 21.7. The highest BCUT2D eigenvalue weighted by molar-refractivity contribution is 4.90. The minimum atomic E-state index is 0.624. The van der Waals surface area contributed by atoms with Crippen LogP contribution in [0.15, 0.2) is 12.4 Å². The van der Waals surface area contributed by atoms with Gasteiger partial charge in [0, 0.05) is 0 Å². The molecule has 0 spiro atoms. The highest BCUT2D eigenvalue weighted by Crippen LogP contribution is 2.26. The van der Waals surface area contributed by atoms with Crippen LogP contribution >= 0.6 is 0 Å². The van der Waals surface area contributed by atoms with Crippen molar-refractivity contribution >= 4 is 0 Å². The molecule has 33 heavy (non-hydrogen) atoms. The van der Waals surface area contributed by atoms with Crippen LogP contribution in [0.4, 0.5) is 0 Å². The number of rotatable bonds is 24. The zero-order valence-corrected chi connectivity index (χ0v) is 23.3. The van der Waals surface area contributed by atoms with Crippen molar-refractivity contribution in [1.82, 2.24) is 4.98 Å². The van der Waals surface area contributed by atoms with Crippen LogP contribution in [0, 0.1) is 0 Å². The minimum absolute atomic E-state index is 0.624. The van der Waals surface area contributed by atoms with Crippen molar-refractivity contribution in [2.75, 3.05) is 0 Å². The molecule has 194 valence electrons. The first-order valence-electron chi connectivity index (χ1n) is 15.3. The molecule has 1 aromatic rings. The summed E-state index contributed by atoms with van der Waals surface area (Å²) in [6.07, 6.45) is 35.4. The normalized spacial score (nSPS) is 13.5. The Morgan fingerprint density at radius 2 is 1.03 bits per heavy atom. The summed E-state index contributed by atoms with van der Waals surface area (Å²) in [7, 11) is 0. The standard InChI is InChI=1S/C31H60N2/c1-5-8-10-12-14-15-16-17-19-21-23-26-30(24-7-3)31-32-27-28-33(31)29(4)25-22-20-18-13-11-9-6-2/h27-30H,5-26H2,1-4H3/p+1. The molecule has 0 aliphatic rings. The molecular weight excluding hydrogens is 400 g/mol. The van der Waals surface area contributed by atoms with Crippen LogP contribution in [0.3, 0.4) is 0 Å². The van der Waals surface area contributed by atoms with Gasteiger partial charge in [-0.3, -0.25) is 0 Å². The van der Waals surface area contributed by atoms with Crippen LogP contribution < -0.4 is 4.57 Å². The molecule has 0 radical (unpaired) electrons. The van der Waals surface area contributed by atoms with E-state index in [1.807, 2.05) is 0 Å². The molecule has 2 atom stereocenters. The van der Waals surface area contributed by atoms with Gasteiger partial charge in [-0.15, -0.1) is 0 Å². The molecule has 0 bridgehead atoms. The number of aromatic amines is 1. The van der Waals surface area contributed by atoms with Crippen molar-refractivity contribution in [3.8, 4) is 0 Å². The summed E-state index contributed by atoms with van der Waals surface area (Å²) in [4.78, 5) is 3.65. The lowest BCUT2D eigenvalue weighted by Gasteiger charge is -2.16. The Morgan fingerprint density at radius 1 is 0.576 bits per heavy atom. The number of imidazole rings is 1. The van der Waals surface area contributed by atoms with E-state index in [1.54, 1.807) is 0 Å². The first kappa shape index (κ1) is 30.2. The van der Waals surface area contributed by atoms with Gasteiger partial charge >= 0.3 is 0 Å². The molecule has 0 aromatic carbocycles. The van der Waals surface area contributed by atoms with Gasteiger partial charge in [0.2, 0.25) is 0 Å². The van der Waals surface area contributed by atoms with Gasteiger partial charge < -0.3 is 0 Å². The average Bonchev–Trinajstić information content (AvgIpc) is 3.31. The van der Waals surface area contributed by atoms with Gasteiger partial charge in [-0.1, -0.05) is 136 Å². The van der Waals surface area contributed by atoms with Gasteiger partial charge in [0.05, 0.1) is 12.0 Å². The van der Waals surface area contributed by atoms with Crippen molar-refractivity contribution in [2.24, 2.45) is 0 Å². The average molecular weight is 462 g/mol. The van der Waals surface area contributed by atoms with Crippen LogP contribution in [0.2, 0.25) is 0 Å². The molecule has 0 fully saturated rings.